The molecule has 0 saturated carbocycles. The van der Waals surface area contributed by atoms with Crippen molar-refractivity contribution in [1.29, 1.82) is 0 Å². The molecule has 190 valence electrons. The van der Waals surface area contributed by atoms with Crippen molar-refractivity contribution in [2.75, 3.05) is 0 Å². The second kappa shape index (κ2) is 9.06. The lowest BCUT2D eigenvalue weighted by atomic mass is 10.0. The smallest absolute Gasteiger partial charge is 0.148 e. The maximum absolute atomic E-state index is 6.97. The van der Waals surface area contributed by atoms with Crippen molar-refractivity contribution in [3.63, 3.8) is 0 Å². The van der Waals surface area contributed by atoms with E-state index in [-0.39, 0.29) is 0 Å². The van der Waals surface area contributed by atoms with Crippen molar-refractivity contribution in [3.05, 3.63) is 140 Å². The van der Waals surface area contributed by atoms with Crippen molar-refractivity contribution in [2.45, 2.75) is 0 Å². The molecule has 8 rings (SSSR count). The summed E-state index contributed by atoms with van der Waals surface area (Å²) in [5.41, 5.74) is 6.42. The summed E-state index contributed by atoms with van der Waals surface area (Å²) in [5.74, 6) is 3.28. The first-order chi connectivity index (χ1) is 19.7. The third-order valence-electron chi connectivity index (χ3n) is 7.75. The van der Waals surface area contributed by atoms with Gasteiger partial charge in [0, 0.05) is 27.3 Å². The molecule has 1 unspecified atom stereocenters. The number of hydrogen-bond acceptors (Lipinski definition) is 3. The van der Waals surface area contributed by atoms with Crippen molar-refractivity contribution in [2.24, 2.45) is 0 Å². The molecule has 0 bridgehead atoms. The van der Waals surface area contributed by atoms with E-state index >= 15 is 0 Å². The Bertz CT molecular complexity index is 1950. The van der Waals surface area contributed by atoms with Crippen molar-refractivity contribution < 1.29 is 9.47 Å². The standard InChI is InChI=1S/C36H23O2PS/c40-39-31-20-10-18-27(24-12-4-1-5-13-24)33(31)37-30-23-22-29(26-16-8-3-9-17-26)35(36(30)39)38-34-28(19-11-21-32(34)39)25-14-6-2-7-15-25/h1-23H. The molecule has 6 aromatic rings. The molecule has 2 aliphatic heterocycles. The quantitative estimate of drug-likeness (QED) is 0.205. The molecule has 0 fully saturated rings. The van der Waals surface area contributed by atoms with Crippen LogP contribution in [-0.2, 0) is 11.8 Å². The van der Waals surface area contributed by atoms with Crippen LogP contribution in [0, 0.1) is 0 Å². The molecule has 2 aliphatic rings. The fraction of sp³-hybridized carbons (Fsp3) is 0. The summed E-state index contributed by atoms with van der Waals surface area (Å²) in [6.07, 6.45) is 0. The van der Waals surface area contributed by atoms with E-state index in [1.54, 1.807) is 0 Å². The van der Waals surface area contributed by atoms with Gasteiger partial charge in [0.05, 0.1) is 11.3 Å². The predicted octanol–water partition coefficient (Wildman–Crippen LogP) is 8.65. The van der Waals surface area contributed by atoms with E-state index in [2.05, 4.69) is 121 Å². The largest absolute Gasteiger partial charge is 0.455 e. The van der Waals surface area contributed by atoms with E-state index < -0.39 is 6.04 Å². The second-order valence-electron chi connectivity index (χ2n) is 10.0. The molecular weight excluding hydrogens is 527 g/mol. The SMILES string of the molecule is S=P12c3cccc(-c4ccccc4)c3Oc3ccc(-c4ccccc4)c(c31)Oc1c(-c3ccccc3)cccc12. The lowest BCUT2D eigenvalue weighted by Crippen LogP contribution is -2.35. The average Bonchev–Trinajstić information content (AvgIpc) is 3.02. The van der Waals surface area contributed by atoms with Crippen LogP contribution in [0.25, 0.3) is 33.4 Å². The second-order valence-corrected chi connectivity index (χ2v) is 14.3. The van der Waals surface area contributed by atoms with Gasteiger partial charge < -0.3 is 9.47 Å². The Labute approximate surface area is 238 Å². The number of fused-ring (bicyclic) bond motifs is 4. The zero-order chi connectivity index (χ0) is 26.7. The number of hydrogen-bond donors (Lipinski definition) is 0. The molecule has 0 saturated heterocycles. The minimum Gasteiger partial charge on any atom is -0.455 e. The monoisotopic (exact) mass is 550 g/mol. The molecule has 0 N–H and O–H groups in total. The van der Waals surface area contributed by atoms with Gasteiger partial charge in [0.1, 0.15) is 23.0 Å². The molecule has 6 aromatic carbocycles. The number of ether oxygens (including phenoxy) is 2. The number of rotatable bonds is 3. The van der Waals surface area contributed by atoms with Crippen LogP contribution >= 0.6 is 6.04 Å². The molecule has 0 aromatic heterocycles. The van der Waals surface area contributed by atoms with Gasteiger partial charge >= 0.3 is 0 Å². The first kappa shape index (κ1) is 23.5. The van der Waals surface area contributed by atoms with Gasteiger partial charge in [-0.2, -0.15) is 0 Å². The Hall–Kier alpha value is -4.43. The van der Waals surface area contributed by atoms with Crippen molar-refractivity contribution >= 4 is 33.8 Å². The molecule has 2 heterocycles. The van der Waals surface area contributed by atoms with Crippen LogP contribution in [0.1, 0.15) is 0 Å². The highest BCUT2D eigenvalue weighted by Crippen LogP contribution is 2.62. The minimum absolute atomic E-state index is 0.782. The van der Waals surface area contributed by atoms with Gasteiger partial charge in [-0.1, -0.05) is 127 Å². The summed E-state index contributed by atoms with van der Waals surface area (Å²) in [6, 6.07) is 45.6. The van der Waals surface area contributed by atoms with E-state index in [4.69, 9.17) is 21.3 Å². The first-order valence-corrected chi connectivity index (χ1v) is 16.1. The van der Waals surface area contributed by atoms with Gasteiger partial charge in [-0.25, -0.2) is 0 Å². The first-order valence-electron chi connectivity index (χ1n) is 13.3. The van der Waals surface area contributed by atoms with E-state index in [0.29, 0.717) is 0 Å². The fourth-order valence-corrected chi connectivity index (χ4v) is 10.4. The summed E-state index contributed by atoms with van der Waals surface area (Å²) in [4.78, 5) is 0. The van der Waals surface area contributed by atoms with E-state index in [1.165, 1.54) is 0 Å². The summed E-state index contributed by atoms with van der Waals surface area (Å²) in [5, 5.41) is 3.13. The van der Waals surface area contributed by atoms with Gasteiger partial charge in [0.2, 0.25) is 0 Å². The zero-order valence-electron chi connectivity index (χ0n) is 21.5. The topological polar surface area (TPSA) is 18.5 Å². The zero-order valence-corrected chi connectivity index (χ0v) is 23.2. The highest BCUT2D eigenvalue weighted by molar-refractivity contribution is 8.26. The highest BCUT2D eigenvalue weighted by atomic mass is 32.4. The minimum atomic E-state index is -2.57. The summed E-state index contributed by atoms with van der Waals surface area (Å²) >= 11 is 6.94. The Balaban J connectivity index is 1.47. The third kappa shape index (κ3) is 3.38. The van der Waals surface area contributed by atoms with Crippen LogP contribution in [0.15, 0.2) is 140 Å². The number of benzene rings is 6. The number of para-hydroxylation sites is 2. The lowest BCUT2D eigenvalue weighted by molar-refractivity contribution is 0.469. The summed E-state index contributed by atoms with van der Waals surface area (Å²) in [7, 11) is 0. The van der Waals surface area contributed by atoms with Crippen LogP contribution in [-0.4, -0.2) is 0 Å². The van der Waals surface area contributed by atoms with Crippen LogP contribution in [0.3, 0.4) is 0 Å². The van der Waals surface area contributed by atoms with Crippen LogP contribution in [0.2, 0.25) is 0 Å². The molecular formula is C36H23O2PS. The van der Waals surface area contributed by atoms with Gasteiger partial charge in [-0.3, -0.25) is 0 Å². The maximum Gasteiger partial charge on any atom is 0.148 e. The van der Waals surface area contributed by atoms with Crippen molar-refractivity contribution in [3.8, 4) is 56.4 Å². The molecule has 40 heavy (non-hydrogen) atoms. The van der Waals surface area contributed by atoms with E-state index in [1.807, 2.05) is 18.2 Å². The third-order valence-corrected chi connectivity index (χ3v) is 12.6. The van der Waals surface area contributed by atoms with Crippen molar-refractivity contribution in [1.82, 2.24) is 0 Å². The Morgan fingerprint density at radius 2 is 0.850 bits per heavy atom. The summed E-state index contributed by atoms with van der Waals surface area (Å²) < 4.78 is 13.7. The Morgan fingerprint density at radius 1 is 0.400 bits per heavy atom. The normalized spacial score (nSPS) is 16.1. The molecule has 1 atom stereocenters. The Kier molecular flexibility index (Phi) is 5.31. The van der Waals surface area contributed by atoms with Gasteiger partial charge in [-0.15, -0.1) is 0 Å². The average molecular weight is 551 g/mol. The molecule has 0 aliphatic carbocycles. The van der Waals surface area contributed by atoms with Gasteiger partial charge in [0.15, 0.2) is 0 Å². The molecule has 0 spiro atoms. The predicted molar refractivity (Wildman–Crippen MR) is 169 cm³/mol. The molecule has 0 radical (unpaired) electrons. The highest BCUT2D eigenvalue weighted by Gasteiger charge is 2.45. The van der Waals surface area contributed by atoms with Crippen LogP contribution in [0.4, 0.5) is 0 Å². The van der Waals surface area contributed by atoms with E-state index in [0.717, 1.165) is 72.3 Å². The Morgan fingerprint density at radius 3 is 1.35 bits per heavy atom. The molecule has 4 heteroatoms. The van der Waals surface area contributed by atoms with E-state index in [9.17, 15) is 0 Å². The van der Waals surface area contributed by atoms with Gasteiger partial charge in [-0.05, 0) is 41.0 Å². The van der Waals surface area contributed by atoms with Crippen LogP contribution in [0.5, 0.6) is 23.0 Å². The molecule has 2 nitrogen and oxygen atoms in total. The lowest BCUT2D eigenvalue weighted by Gasteiger charge is -2.39. The van der Waals surface area contributed by atoms with Crippen LogP contribution < -0.4 is 25.4 Å². The molecule has 0 amide bonds. The fourth-order valence-electron chi connectivity index (χ4n) is 5.91. The summed E-state index contributed by atoms with van der Waals surface area (Å²) in [6.45, 7) is 0. The van der Waals surface area contributed by atoms with Gasteiger partial charge in [0.25, 0.3) is 0 Å². The maximum atomic E-state index is 6.97.